The van der Waals surface area contributed by atoms with Gasteiger partial charge in [-0.3, -0.25) is 0 Å². The lowest BCUT2D eigenvalue weighted by atomic mass is 10.2. The first-order valence-corrected chi connectivity index (χ1v) is 5.52. The number of hydrogen-bond donors (Lipinski definition) is 0. The summed E-state index contributed by atoms with van der Waals surface area (Å²) in [7, 11) is 0. The van der Waals surface area contributed by atoms with Crippen LogP contribution in [0.1, 0.15) is 24.7 Å². The van der Waals surface area contributed by atoms with Crippen molar-refractivity contribution >= 4 is 0 Å². The maximum atomic E-state index is 8.07. The summed E-state index contributed by atoms with van der Waals surface area (Å²) in [6.07, 6.45) is 1.24. The van der Waals surface area contributed by atoms with Crippen LogP contribution in [0.2, 0.25) is 0 Å². The molecule has 1 unspecified atom stereocenters. The number of benzene rings is 1. The Bertz CT molecular complexity index is 596. The van der Waals surface area contributed by atoms with Crippen LogP contribution in [0.25, 0.3) is 0 Å². The molecule has 2 aliphatic rings. The van der Waals surface area contributed by atoms with E-state index in [-0.39, 0.29) is 29.3 Å². The zero-order chi connectivity index (χ0) is 15.0. The number of hydrogen-bond acceptors (Lipinski definition) is 4. The zero-order valence-corrected chi connectivity index (χ0v) is 9.12. The maximum absolute atomic E-state index is 8.07. The maximum Gasteiger partial charge on any atom is 0.199 e. The van der Waals surface area contributed by atoms with Crippen molar-refractivity contribution in [3.63, 3.8) is 0 Å². The Morgan fingerprint density at radius 3 is 2.94 bits per heavy atom. The van der Waals surface area contributed by atoms with Gasteiger partial charge in [0, 0.05) is 12.5 Å². The summed E-state index contributed by atoms with van der Waals surface area (Å²) in [5, 5.41) is 0. The molecule has 4 nitrogen and oxygen atoms in total. The van der Waals surface area contributed by atoms with Crippen LogP contribution in [0.4, 0.5) is 0 Å². The van der Waals surface area contributed by atoms with Gasteiger partial charge in [-0.2, -0.15) is 0 Å². The third kappa shape index (κ3) is 2.36. The first kappa shape index (κ1) is 6.91. The molecular weight excluding hydrogens is 220 g/mol. The summed E-state index contributed by atoms with van der Waals surface area (Å²) in [6.45, 7) is 0.595. The highest BCUT2D eigenvalue weighted by atomic mass is 16.7. The van der Waals surface area contributed by atoms with Crippen molar-refractivity contribution in [3.8, 4) is 17.2 Å². The van der Waals surface area contributed by atoms with E-state index in [1.807, 2.05) is 0 Å². The van der Waals surface area contributed by atoms with Crippen molar-refractivity contribution in [1.29, 1.82) is 0 Å². The fourth-order valence-corrected chi connectivity index (χ4v) is 1.70. The van der Waals surface area contributed by atoms with Crippen LogP contribution in [0.15, 0.2) is 30.6 Å². The van der Waals surface area contributed by atoms with Gasteiger partial charge in [-0.15, -0.1) is 0 Å². The van der Waals surface area contributed by atoms with Gasteiger partial charge in [-0.05, 0) is 25.0 Å². The van der Waals surface area contributed by atoms with Crippen molar-refractivity contribution in [2.75, 3.05) is 6.61 Å². The second kappa shape index (κ2) is 4.67. The van der Waals surface area contributed by atoms with Gasteiger partial charge in [-0.1, -0.05) is 0 Å². The lowest BCUT2D eigenvalue weighted by Crippen LogP contribution is -2.24. The van der Waals surface area contributed by atoms with Gasteiger partial charge < -0.3 is 18.9 Å². The van der Waals surface area contributed by atoms with Crippen molar-refractivity contribution < 1.29 is 24.4 Å². The van der Waals surface area contributed by atoms with E-state index in [1.54, 1.807) is 0 Å². The largest absolute Gasteiger partial charge is 0.465 e. The van der Waals surface area contributed by atoms with Gasteiger partial charge >= 0.3 is 0 Å². The minimum Gasteiger partial charge on any atom is -0.465 e. The summed E-state index contributed by atoms with van der Waals surface area (Å²) in [6, 6.07) is 1.09. The number of fused-ring (bicyclic) bond motifs is 1. The molecule has 4 heteroatoms. The minimum atomic E-state index is -0.479. The predicted molar refractivity (Wildman–Crippen MR) is 61.1 cm³/mol. The van der Waals surface area contributed by atoms with E-state index in [0.717, 1.165) is 12.8 Å². The van der Waals surface area contributed by atoms with Crippen LogP contribution >= 0.6 is 0 Å². The van der Waals surface area contributed by atoms with Gasteiger partial charge in [0.1, 0.15) is 21.0 Å². The Balaban J connectivity index is 1.91. The Hall–Kier alpha value is -1.68. The van der Waals surface area contributed by atoms with E-state index in [1.165, 1.54) is 6.07 Å². The van der Waals surface area contributed by atoms with Crippen molar-refractivity contribution in [2.45, 2.75) is 25.6 Å². The van der Waals surface area contributed by atoms with Crippen molar-refractivity contribution in [2.24, 2.45) is 0 Å². The fourth-order valence-electron chi connectivity index (χ4n) is 1.70. The molecular formula is C13H14O4. The van der Waals surface area contributed by atoms with Crippen molar-refractivity contribution in [1.82, 2.24) is 0 Å². The highest BCUT2D eigenvalue weighted by Gasteiger charge is 2.16. The molecule has 0 aliphatic carbocycles. The van der Waals surface area contributed by atoms with Gasteiger partial charge in [0.15, 0.2) is 17.8 Å². The Morgan fingerprint density at radius 1 is 1.24 bits per heavy atom. The molecule has 0 N–H and O–H groups in total. The molecule has 1 aromatic carbocycles. The Labute approximate surface area is 105 Å². The summed E-state index contributed by atoms with van der Waals surface area (Å²) in [5.41, 5.74) is 0. The molecule has 3 rings (SSSR count). The van der Waals surface area contributed by atoms with Crippen LogP contribution in [-0.4, -0.2) is 12.9 Å². The van der Waals surface area contributed by atoms with E-state index in [0.29, 0.717) is 13.0 Å². The molecule has 2 aliphatic heterocycles. The third-order valence-electron chi connectivity index (χ3n) is 2.53. The van der Waals surface area contributed by atoms with E-state index in [9.17, 15) is 0 Å². The molecule has 17 heavy (non-hydrogen) atoms. The molecule has 90 valence electrons. The molecule has 0 radical (unpaired) electrons. The number of rotatable bonds is 2. The average Bonchev–Trinajstić information content (AvgIpc) is 2.47. The highest BCUT2D eigenvalue weighted by molar-refractivity contribution is 5.47. The highest BCUT2D eigenvalue weighted by Crippen LogP contribution is 2.34. The van der Waals surface area contributed by atoms with Crippen LogP contribution in [0.3, 0.4) is 0 Å². The van der Waals surface area contributed by atoms with Gasteiger partial charge in [0.2, 0.25) is 0 Å². The topological polar surface area (TPSA) is 36.9 Å². The summed E-state index contributed by atoms with van der Waals surface area (Å²) in [4.78, 5) is 0. The van der Waals surface area contributed by atoms with E-state index >= 15 is 0 Å². The quantitative estimate of drug-likeness (QED) is 0.794. The molecule has 1 saturated heterocycles. The molecule has 0 saturated carbocycles. The molecule has 1 aromatic rings. The van der Waals surface area contributed by atoms with Crippen LogP contribution < -0.4 is 14.2 Å². The van der Waals surface area contributed by atoms with E-state index in [4.69, 9.17) is 24.4 Å². The SMILES string of the molecule is [2H]C1=C([2H])Oc2c(cc([2H])c(OC3CCCCO3)c2[2H])O1. The molecule has 1 fully saturated rings. The molecule has 0 aromatic heterocycles. The smallest absolute Gasteiger partial charge is 0.199 e. The monoisotopic (exact) mass is 238 g/mol. The van der Waals surface area contributed by atoms with E-state index < -0.39 is 18.8 Å². The lowest BCUT2D eigenvalue weighted by Gasteiger charge is -2.24. The van der Waals surface area contributed by atoms with Crippen molar-refractivity contribution in [3.05, 3.63) is 30.6 Å². The van der Waals surface area contributed by atoms with Gasteiger partial charge in [0.25, 0.3) is 0 Å². The first-order valence-electron chi connectivity index (χ1n) is 7.52. The summed E-state index contributed by atoms with van der Waals surface area (Å²) in [5.74, 6) is 0.0891. The number of ether oxygens (including phenoxy) is 4. The molecule has 0 bridgehead atoms. The normalized spacial score (nSPS) is 26.7. The zero-order valence-electron chi connectivity index (χ0n) is 13.1. The molecule has 1 atom stereocenters. The Kier molecular flexibility index (Phi) is 1.90. The second-order valence-corrected chi connectivity index (χ2v) is 3.76. The standard InChI is InChI=1S/C13H14O4/c1-2-6-16-13(3-1)17-10-4-5-11-12(9-10)15-8-7-14-11/h4-5,7-9,13H,1-3,6H2/i4D,7D,8D,9D. The first-order chi connectivity index (χ1) is 10.1. The Morgan fingerprint density at radius 2 is 2.12 bits per heavy atom. The average molecular weight is 238 g/mol. The molecule has 0 spiro atoms. The summed E-state index contributed by atoms with van der Waals surface area (Å²) < 4.78 is 52.0. The molecule has 2 heterocycles. The van der Waals surface area contributed by atoms with Gasteiger partial charge in [-0.25, -0.2) is 0 Å². The second-order valence-electron chi connectivity index (χ2n) is 3.76. The fraction of sp³-hybridized carbons (Fsp3) is 0.385. The third-order valence-corrected chi connectivity index (χ3v) is 2.53. The molecule has 0 amide bonds. The lowest BCUT2D eigenvalue weighted by molar-refractivity contribution is -0.105. The van der Waals surface area contributed by atoms with Crippen LogP contribution in [0, 0.1) is 0 Å². The van der Waals surface area contributed by atoms with Crippen LogP contribution in [-0.2, 0) is 4.74 Å². The van der Waals surface area contributed by atoms with E-state index in [2.05, 4.69) is 0 Å². The van der Waals surface area contributed by atoms with Gasteiger partial charge in [0.05, 0.1) is 9.35 Å². The van der Waals surface area contributed by atoms with Crippen LogP contribution in [0.5, 0.6) is 17.2 Å². The predicted octanol–water partition coefficient (Wildman–Crippen LogP) is 2.83. The summed E-state index contributed by atoms with van der Waals surface area (Å²) >= 11 is 0. The minimum absolute atomic E-state index is 0.0159.